The molecule has 0 aromatic heterocycles. The first-order valence-electron chi connectivity index (χ1n) is 4.90. The molecule has 1 aliphatic rings. The number of hydrogen-bond acceptors (Lipinski definition) is 3. The summed E-state index contributed by atoms with van der Waals surface area (Å²) in [5.74, 6) is 0. The molecule has 1 aliphatic carbocycles. The lowest BCUT2D eigenvalue weighted by atomic mass is 9.73. The first-order chi connectivity index (χ1) is 6.08. The summed E-state index contributed by atoms with van der Waals surface area (Å²) in [6.07, 6.45) is 3.67. The number of methoxy groups -OCH3 is 1. The van der Waals surface area contributed by atoms with Gasteiger partial charge in [-0.3, -0.25) is 0 Å². The Morgan fingerprint density at radius 2 is 1.92 bits per heavy atom. The lowest BCUT2D eigenvalue weighted by molar-refractivity contribution is -0.124. The van der Waals surface area contributed by atoms with Crippen LogP contribution >= 0.6 is 0 Å². The van der Waals surface area contributed by atoms with E-state index >= 15 is 0 Å². The second kappa shape index (κ2) is 3.95. The van der Waals surface area contributed by atoms with Gasteiger partial charge in [0.1, 0.15) is 0 Å². The van der Waals surface area contributed by atoms with E-state index in [-0.39, 0.29) is 6.61 Å². The fourth-order valence-electron chi connectivity index (χ4n) is 2.21. The highest BCUT2D eigenvalue weighted by Gasteiger charge is 2.48. The molecule has 3 heteroatoms. The molecule has 0 aromatic carbocycles. The fourth-order valence-corrected chi connectivity index (χ4v) is 2.21. The van der Waals surface area contributed by atoms with E-state index < -0.39 is 11.0 Å². The maximum atomic E-state index is 10.3. The molecule has 2 N–H and O–H groups in total. The summed E-state index contributed by atoms with van der Waals surface area (Å²) in [4.78, 5) is 0. The van der Waals surface area contributed by atoms with Crippen LogP contribution in [0, 0.1) is 5.41 Å². The predicted octanol–water partition coefficient (Wildman–Crippen LogP) is 0.936. The Labute approximate surface area is 79.7 Å². The molecular formula is C10H20O3. The van der Waals surface area contributed by atoms with Crippen LogP contribution in [0.2, 0.25) is 0 Å². The van der Waals surface area contributed by atoms with Crippen LogP contribution in [0.1, 0.15) is 32.6 Å². The third-order valence-corrected chi connectivity index (χ3v) is 3.37. The molecule has 0 aromatic rings. The Balaban J connectivity index is 2.73. The van der Waals surface area contributed by atoms with Gasteiger partial charge in [-0.05, 0) is 12.8 Å². The Morgan fingerprint density at radius 1 is 1.38 bits per heavy atom. The molecule has 1 atom stereocenters. The van der Waals surface area contributed by atoms with Crippen LogP contribution < -0.4 is 0 Å². The highest BCUT2D eigenvalue weighted by atomic mass is 16.5. The highest BCUT2D eigenvalue weighted by molar-refractivity contribution is 4.98. The maximum Gasteiger partial charge on any atom is 0.0745 e. The van der Waals surface area contributed by atoms with Crippen LogP contribution in [0.4, 0.5) is 0 Å². The van der Waals surface area contributed by atoms with Crippen molar-refractivity contribution in [3.8, 4) is 0 Å². The van der Waals surface area contributed by atoms with E-state index in [0.717, 1.165) is 25.7 Å². The minimum Gasteiger partial charge on any atom is -0.396 e. The topological polar surface area (TPSA) is 49.7 Å². The number of aliphatic hydroxyl groups is 2. The zero-order valence-corrected chi connectivity index (χ0v) is 8.55. The molecule has 1 unspecified atom stereocenters. The van der Waals surface area contributed by atoms with E-state index in [9.17, 15) is 10.2 Å². The Morgan fingerprint density at radius 3 is 2.31 bits per heavy atom. The highest BCUT2D eigenvalue weighted by Crippen LogP contribution is 2.43. The van der Waals surface area contributed by atoms with E-state index in [2.05, 4.69) is 0 Å². The van der Waals surface area contributed by atoms with Crippen LogP contribution in [0.5, 0.6) is 0 Å². The summed E-state index contributed by atoms with van der Waals surface area (Å²) in [7, 11) is 1.60. The van der Waals surface area contributed by atoms with Gasteiger partial charge in [-0.1, -0.05) is 19.8 Å². The molecule has 1 saturated carbocycles. The van der Waals surface area contributed by atoms with Gasteiger partial charge in [-0.15, -0.1) is 0 Å². The van der Waals surface area contributed by atoms with Crippen molar-refractivity contribution in [3.05, 3.63) is 0 Å². The van der Waals surface area contributed by atoms with Gasteiger partial charge in [0.2, 0.25) is 0 Å². The van der Waals surface area contributed by atoms with Crippen molar-refractivity contribution in [1.82, 2.24) is 0 Å². The summed E-state index contributed by atoms with van der Waals surface area (Å²) in [6, 6.07) is 0. The fraction of sp³-hybridized carbons (Fsp3) is 1.00. The molecular weight excluding hydrogens is 168 g/mol. The van der Waals surface area contributed by atoms with Crippen molar-refractivity contribution in [2.24, 2.45) is 5.41 Å². The summed E-state index contributed by atoms with van der Waals surface area (Å²) < 4.78 is 5.06. The molecule has 0 saturated heterocycles. The largest absolute Gasteiger partial charge is 0.396 e. The number of aliphatic hydroxyl groups excluding tert-OH is 1. The molecule has 0 radical (unpaired) electrons. The van der Waals surface area contributed by atoms with Gasteiger partial charge in [-0.2, -0.15) is 0 Å². The van der Waals surface area contributed by atoms with Gasteiger partial charge < -0.3 is 14.9 Å². The minimum absolute atomic E-state index is 0.0165. The van der Waals surface area contributed by atoms with Crippen molar-refractivity contribution in [2.75, 3.05) is 20.3 Å². The predicted molar refractivity (Wildman–Crippen MR) is 50.5 cm³/mol. The quantitative estimate of drug-likeness (QED) is 0.690. The third kappa shape index (κ3) is 1.87. The van der Waals surface area contributed by atoms with Gasteiger partial charge in [0.25, 0.3) is 0 Å². The molecule has 0 bridgehead atoms. The number of rotatable bonds is 4. The molecule has 13 heavy (non-hydrogen) atoms. The van der Waals surface area contributed by atoms with Crippen LogP contribution in [0.25, 0.3) is 0 Å². The van der Waals surface area contributed by atoms with E-state index in [4.69, 9.17) is 4.74 Å². The van der Waals surface area contributed by atoms with Crippen LogP contribution in [-0.4, -0.2) is 36.1 Å². The molecule has 78 valence electrons. The first-order valence-corrected chi connectivity index (χ1v) is 4.90. The zero-order chi connectivity index (χ0) is 9.95. The average Bonchev–Trinajstić information content (AvgIpc) is 2.54. The zero-order valence-electron chi connectivity index (χ0n) is 8.55. The Bertz CT molecular complexity index is 164. The summed E-state index contributed by atoms with van der Waals surface area (Å²) in [5.41, 5.74) is -1.23. The van der Waals surface area contributed by atoms with Gasteiger partial charge >= 0.3 is 0 Å². The van der Waals surface area contributed by atoms with Gasteiger partial charge in [-0.25, -0.2) is 0 Å². The van der Waals surface area contributed by atoms with E-state index in [1.54, 1.807) is 7.11 Å². The van der Waals surface area contributed by atoms with Crippen LogP contribution in [0.15, 0.2) is 0 Å². The lowest BCUT2D eigenvalue weighted by Gasteiger charge is -2.41. The van der Waals surface area contributed by atoms with Crippen molar-refractivity contribution < 1.29 is 14.9 Å². The van der Waals surface area contributed by atoms with Gasteiger partial charge in [0, 0.05) is 12.5 Å². The van der Waals surface area contributed by atoms with Crippen molar-refractivity contribution in [1.29, 1.82) is 0 Å². The second-order valence-electron chi connectivity index (χ2n) is 4.39. The van der Waals surface area contributed by atoms with Crippen molar-refractivity contribution in [3.63, 3.8) is 0 Å². The van der Waals surface area contributed by atoms with Crippen LogP contribution in [-0.2, 0) is 4.74 Å². The third-order valence-electron chi connectivity index (χ3n) is 3.37. The molecule has 0 aliphatic heterocycles. The van der Waals surface area contributed by atoms with Gasteiger partial charge in [0.15, 0.2) is 0 Å². The minimum atomic E-state index is -0.724. The van der Waals surface area contributed by atoms with E-state index in [1.165, 1.54) is 0 Å². The van der Waals surface area contributed by atoms with Crippen LogP contribution in [0.3, 0.4) is 0 Å². The Hall–Kier alpha value is -0.120. The van der Waals surface area contributed by atoms with E-state index in [1.807, 2.05) is 6.92 Å². The molecule has 1 rings (SSSR count). The average molecular weight is 188 g/mol. The molecule has 0 amide bonds. The molecule has 3 nitrogen and oxygen atoms in total. The Kier molecular flexibility index (Phi) is 3.33. The standard InChI is InChI=1S/C10H20O3/c1-9(7-11,8-13-2)10(12)5-3-4-6-10/h11-12H,3-8H2,1-2H3. The summed E-state index contributed by atoms with van der Waals surface area (Å²) in [5, 5.41) is 19.6. The lowest BCUT2D eigenvalue weighted by Crippen LogP contribution is -2.49. The normalized spacial score (nSPS) is 25.8. The smallest absolute Gasteiger partial charge is 0.0745 e. The first kappa shape index (κ1) is 11.0. The summed E-state index contributed by atoms with van der Waals surface area (Å²) in [6.45, 7) is 2.29. The van der Waals surface area contributed by atoms with E-state index in [0.29, 0.717) is 6.61 Å². The maximum absolute atomic E-state index is 10.3. The van der Waals surface area contributed by atoms with Gasteiger partial charge in [0.05, 0.1) is 18.8 Å². The molecule has 0 spiro atoms. The molecule has 0 heterocycles. The number of ether oxygens (including phenoxy) is 1. The monoisotopic (exact) mass is 188 g/mol. The summed E-state index contributed by atoms with van der Waals surface area (Å²) >= 11 is 0. The van der Waals surface area contributed by atoms with Crippen molar-refractivity contribution in [2.45, 2.75) is 38.2 Å². The SMILES string of the molecule is COCC(C)(CO)C1(O)CCCC1. The van der Waals surface area contributed by atoms with Crippen molar-refractivity contribution >= 4 is 0 Å². The molecule has 1 fully saturated rings. The number of hydrogen-bond donors (Lipinski definition) is 2. The second-order valence-corrected chi connectivity index (χ2v) is 4.39.